The molecule has 2 aliphatic rings. The van der Waals surface area contributed by atoms with E-state index in [1.54, 1.807) is 0 Å². The molecule has 2 aliphatic carbocycles. The highest BCUT2D eigenvalue weighted by molar-refractivity contribution is 5.80. The number of carbonyl (C=O) groups is 2. The molecule has 0 atom stereocenters. The van der Waals surface area contributed by atoms with E-state index in [0.717, 1.165) is 25.7 Å². The Morgan fingerprint density at radius 2 is 1.05 bits per heavy atom. The average Bonchev–Trinajstić information content (AvgIpc) is 2.48. The van der Waals surface area contributed by atoms with Gasteiger partial charge < -0.3 is 10.2 Å². The highest BCUT2D eigenvalue weighted by Crippen LogP contribution is 2.39. The summed E-state index contributed by atoms with van der Waals surface area (Å²) in [7, 11) is 0. The molecular weight excluding hydrogens is 284 g/mol. The van der Waals surface area contributed by atoms with Gasteiger partial charge in [-0.25, -0.2) is 9.59 Å². The smallest absolute Gasteiger partial charge is 0.333 e. The number of hydrogen-bond donors (Lipinski definition) is 2. The quantitative estimate of drug-likeness (QED) is 0.776. The van der Waals surface area contributed by atoms with Crippen LogP contribution in [-0.4, -0.2) is 33.2 Å². The van der Waals surface area contributed by atoms with Crippen molar-refractivity contribution in [1.82, 2.24) is 0 Å². The van der Waals surface area contributed by atoms with Crippen LogP contribution in [0.3, 0.4) is 0 Å². The van der Waals surface area contributed by atoms with Crippen LogP contribution < -0.4 is 0 Å². The van der Waals surface area contributed by atoms with Gasteiger partial charge in [0.2, 0.25) is 0 Å². The van der Waals surface area contributed by atoms with Crippen molar-refractivity contribution in [3.8, 4) is 0 Å². The van der Waals surface area contributed by atoms with Crippen LogP contribution in [0.4, 0.5) is 0 Å². The number of nitrogens with zero attached hydrogens (tertiary/aromatic N) is 2. The summed E-state index contributed by atoms with van der Waals surface area (Å²) in [6, 6.07) is 0. The SMILES string of the molecule is CC1CCC(N=NC2(C(=O)O)CCC(C)CC2)(C(=O)O)CC1. The van der Waals surface area contributed by atoms with E-state index in [4.69, 9.17) is 0 Å². The summed E-state index contributed by atoms with van der Waals surface area (Å²) in [4.78, 5) is 23.4. The van der Waals surface area contributed by atoms with Gasteiger partial charge in [-0.3, -0.25) is 0 Å². The molecule has 0 spiro atoms. The number of carboxylic acids is 2. The lowest BCUT2D eigenvalue weighted by molar-refractivity contribution is -0.148. The third-order valence-corrected chi connectivity index (χ3v) is 5.43. The zero-order valence-electron chi connectivity index (χ0n) is 13.4. The maximum Gasteiger partial charge on any atom is 0.333 e. The first kappa shape index (κ1) is 16.9. The Bertz CT molecular complexity index is 417. The van der Waals surface area contributed by atoms with E-state index in [-0.39, 0.29) is 0 Å². The minimum absolute atomic E-state index is 0.444. The fourth-order valence-electron chi connectivity index (χ4n) is 3.38. The fraction of sp³-hybridized carbons (Fsp3) is 0.875. The van der Waals surface area contributed by atoms with Gasteiger partial charge in [-0.2, -0.15) is 10.2 Å². The van der Waals surface area contributed by atoms with Crippen molar-refractivity contribution in [2.75, 3.05) is 0 Å². The summed E-state index contributed by atoms with van der Waals surface area (Å²) in [5.74, 6) is -0.973. The van der Waals surface area contributed by atoms with Crippen LogP contribution in [0.5, 0.6) is 0 Å². The van der Waals surface area contributed by atoms with Crippen LogP contribution in [0.2, 0.25) is 0 Å². The van der Waals surface area contributed by atoms with Crippen molar-refractivity contribution in [3.05, 3.63) is 0 Å². The Morgan fingerprint density at radius 3 is 1.27 bits per heavy atom. The van der Waals surface area contributed by atoms with Crippen LogP contribution in [-0.2, 0) is 9.59 Å². The molecule has 2 rings (SSSR count). The van der Waals surface area contributed by atoms with Crippen molar-refractivity contribution in [3.63, 3.8) is 0 Å². The van der Waals surface area contributed by atoms with Crippen molar-refractivity contribution < 1.29 is 19.8 Å². The summed E-state index contributed by atoms with van der Waals surface area (Å²) in [6.45, 7) is 4.20. The molecule has 0 amide bonds. The first-order chi connectivity index (χ1) is 10.3. The van der Waals surface area contributed by atoms with Crippen molar-refractivity contribution in [2.24, 2.45) is 22.1 Å². The number of hydrogen-bond acceptors (Lipinski definition) is 4. The Hall–Kier alpha value is -1.46. The van der Waals surface area contributed by atoms with Gasteiger partial charge in [-0.05, 0) is 63.2 Å². The van der Waals surface area contributed by atoms with E-state index < -0.39 is 23.0 Å². The molecular formula is C16H26N2O4. The number of aliphatic carboxylic acids is 2. The first-order valence-electron chi connectivity index (χ1n) is 8.20. The van der Waals surface area contributed by atoms with E-state index in [1.165, 1.54) is 0 Å². The molecule has 0 aromatic carbocycles. The molecule has 0 radical (unpaired) electrons. The summed E-state index contributed by atoms with van der Waals surface area (Å²) < 4.78 is 0. The molecule has 0 aromatic rings. The highest BCUT2D eigenvalue weighted by Gasteiger charge is 2.46. The van der Waals surface area contributed by atoms with Crippen LogP contribution in [0.15, 0.2) is 10.2 Å². The highest BCUT2D eigenvalue weighted by atomic mass is 16.4. The lowest BCUT2D eigenvalue weighted by Gasteiger charge is -2.35. The summed E-state index contributed by atoms with van der Waals surface area (Å²) in [6.07, 6.45) is 4.95. The second kappa shape index (κ2) is 6.34. The third kappa shape index (κ3) is 3.31. The molecule has 6 nitrogen and oxygen atoms in total. The monoisotopic (exact) mass is 310 g/mol. The zero-order valence-corrected chi connectivity index (χ0v) is 13.4. The van der Waals surface area contributed by atoms with E-state index in [2.05, 4.69) is 24.1 Å². The zero-order chi connectivity index (χ0) is 16.4. The van der Waals surface area contributed by atoms with E-state index in [1.807, 2.05) is 0 Å². The minimum atomic E-state index is -1.22. The molecule has 0 aromatic heterocycles. The summed E-state index contributed by atoms with van der Waals surface area (Å²) >= 11 is 0. The van der Waals surface area contributed by atoms with Crippen molar-refractivity contribution in [2.45, 2.75) is 76.3 Å². The number of carboxylic acid groups (broad SMARTS) is 2. The maximum atomic E-state index is 11.7. The molecule has 124 valence electrons. The fourth-order valence-corrected chi connectivity index (χ4v) is 3.38. The molecule has 22 heavy (non-hydrogen) atoms. The standard InChI is InChI=1S/C16H26N2O4/c1-11-3-7-15(8-4-11,13(19)20)17-18-16(14(21)22)9-5-12(2)6-10-16/h11-12H,3-10H2,1-2H3,(H,19,20)(H,21,22). The molecule has 2 saturated carbocycles. The predicted molar refractivity (Wildman–Crippen MR) is 80.9 cm³/mol. The van der Waals surface area contributed by atoms with Crippen LogP contribution in [0, 0.1) is 11.8 Å². The predicted octanol–water partition coefficient (Wildman–Crippen LogP) is 3.51. The molecule has 0 heterocycles. The molecule has 0 saturated heterocycles. The molecule has 0 aliphatic heterocycles. The van der Waals surface area contributed by atoms with Crippen LogP contribution in [0.1, 0.15) is 65.2 Å². The molecule has 6 heteroatoms. The van der Waals surface area contributed by atoms with E-state index in [9.17, 15) is 19.8 Å². The molecule has 2 N–H and O–H groups in total. The Balaban J connectivity index is 2.22. The Kier molecular flexibility index (Phi) is 4.87. The average molecular weight is 310 g/mol. The lowest BCUT2D eigenvalue weighted by Crippen LogP contribution is -2.43. The topological polar surface area (TPSA) is 99.3 Å². The van der Waals surface area contributed by atoms with Gasteiger partial charge in [-0.15, -0.1) is 0 Å². The Morgan fingerprint density at radius 1 is 0.773 bits per heavy atom. The number of azo groups is 1. The van der Waals surface area contributed by atoms with Gasteiger partial charge >= 0.3 is 11.9 Å². The van der Waals surface area contributed by atoms with Gasteiger partial charge in [0.05, 0.1) is 0 Å². The molecule has 0 unspecified atom stereocenters. The first-order valence-corrected chi connectivity index (χ1v) is 8.20. The van der Waals surface area contributed by atoms with E-state index in [0.29, 0.717) is 37.5 Å². The van der Waals surface area contributed by atoms with Crippen molar-refractivity contribution in [1.29, 1.82) is 0 Å². The summed E-state index contributed by atoms with van der Waals surface area (Å²) in [5, 5.41) is 27.4. The van der Waals surface area contributed by atoms with Gasteiger partial charge in [0, 0.05) is 0 Å². The third-order valence-electron chi connectivity index (χ3n) is 5.43. The van der Waals surface area contributed by atoms with Crippen molar-refractivity contribution >= 4 is 11.9 Å². The van der Waals surface area contributed by atoms with Crippen LogP contribution >= 0.6 is 0 Å². The maximum absolute atomic E-state index is 11.7. The molecule has 2 fully saturated rings. The molecule has 0 bridgehead atoms. The lowest BCUT2D eigenvalue weighted by atomic mass is 9.77. The second-order valence-corrected chi connectivity index (χ2v) is 7.24. The minimum Gasteiger partial charge on any atom is -0.479 e. The van der Waals surface area contributed by atoms with Gasteiger partial charge in [-0.1, -0.05) is 13.8 Å². The largest absolute Gasteiger partial charge is 0.479 e. The normalized spacial score (nSPS) is 39.7. The van der Waals surface area contributed by atoms with E-state index >= 15 is 0 Å². The van der Waals surface area contributed by atoms with Gasteiger partial charge in [0.25, 0.3) is 0 Å². The summed E-state index contributed by atoms with van der Waals surface area (Å²) in [5.41, 5.74) is -2.45. The number of rotatable bonds is 4. The van der Waals surface area contributed by atoms with Gasteiger partial charge in [0.15, 0.2) is 11.1 Å². The van der Waals surface area contributed by atoms with Crippen LogP contribution in [0.25, 0.3) is 0 Å². The Labute approximate surface area is 131 Å². The van der Waals surface area contributed by atoms with Gasteiger partial charge in [0.1, 0.15) is 0 Å². The second-order valence-electron chi connectivity index (χ2n) is 7.24.